The summed E-state index contributed by atoms with van der Waals surface area (Å²) in [6.07, 6.45) is 1.43. The molecule has 0 radical (unpaired) electrons. The second-order valence-corrected chi connectivity index (χ2v) is 5.99. The lowest BCUT2D eigenvalue weighted by Gasteiger charge is -2.45. The summed E-state index contributed by atoms with van der Waals surface area (Å²) in [4.78, 5) is 13.8. The summed E-state index contributed by atoms with van der Waals surface area (Å²) in [6, 6.07) is -0.361. The van der Waals surface area contributed by atoms with Gasteiger partial charge in [0.2, 0.25) is 0 Å². The Kier molecular flexibility index (Phi) is 4.78. The normalized spacial score (nSPS) is 27.0. The van der Waals surface area contributed by atoms with Crippen LogP contribution in [-0.4, -0.2) is 49.3 Å². The van der Waals surface area contributed by atoms with Gasteiger partial charge in [0, 0.05) is 19.7 Å². The van der Waals surface area contributed by atoms with Crippen molar-refractivity contribution in [3.63, 3.8) is 0 Å². The summed E-state index contributed by atoms with van der Waals surface area (Å²) >= 11 is 0. The summed E-state index contributed by atoms with van der Waals surface area (Å²) in [6.45, 7) is 0.291. The minimum absolute atomic E-state index is 0.0884. The molecule has 0 aromatic heterocycles. The van der Waals surface area contributed by atoms with Gasteiger partial charge in [-0.25, -0.2) is 17.6 Å². The van der Waals surface area contributed by atoms with Crippen molar-refractivity contribution in [2.24, 2.45) is 0 Å². The van der Waals surface area contributed by atoms with Gasteiger partial charge in [0.15, 0.2) is 23.3 Å². The summed E-state index contributed by atoms with van der Waals surface area (Å²) in [5.41, 5.74) is -1.20. The SMILES string of the molecule is CO[C@@H]1CC[C@H]2OCCN(C(=O)c3c(F)c(F)cc(F)c3F)[C@@H]2C1. The fourth-order valence-corrected chi connectivity index (χ4v) is 3.44. The third kappa shape index (κ3) is 2.88. The van der Waals surface area contributed by atoms with Gasteiger partial charge in [-0.2, -0.15) is 0 Å². The van der Waals surface area contributed by atoms with Crippen LogP contribution in [0.1, 0.15) is 29.6 Å². The number of carbonyl (C=O) groups excluding carboxylic acids is 1. The van der Waals surface area contributed by atoms with E-state index in [9.17, 15) is 22.4 Å². The van der Waals surface area contributed by atoms with Gasteiger partial charge in [-0.15, -0.1) is 0 Å². The number of carbonyl (C=O) groups is 1. The smallest absolute Gasteiger partial charge is 0.260 e. The molecule has 0 N–H and O–H groups in total. The van der Waals surface area contributed by atoms with Gasteiger partial charge in [0.1, 0.15) is 5.56 Å². The number of morpholine rings is 1. The Bertz CT molecular complexity index is 628. The van der Waals surface area contributed by atoms with E-state index in [0.29, 0.717) is 12.8 Å². The van der Waals surface area contributed by atoms with Gasteiger partial charge in [-0.05, 0) is 19.3 Å². The number of rotatable bonds is 2. The molecule has 1 aliphatic heterocycles. The van der Waals surface area contributed by atoms with Crippen LogP contribution in [0.2, 0.25) is 0 Å². The number of nitrogens with zero attached hydrogens (tertiary/aromatic N) is 1. The molecule has 0 bridgehead atoms. The number of hydrogen-bond donors (Lipinski definition) is 0. The van der Waals surface area contributed by atoms with Crippen molar-refractivity contribution in [1.29, 1.82) is 0 Å². The molecule has 0 spiro atoms. The lowest BCUT2D eigenvalue weighted by atomic mass is 9.87. The van der Waals surface area contributed by atoms with Crippen molar-refractivity contribution in [2.75, 3.05) is 20.3 Å². The number of fused-ring (bicyclic) bond motifs is 1. The maximum Gasteiger partial charge on any atom is 0.260 e. The molecule has 4 nitrogen and oxygen atoms in total. The van der Waals surface area contributed by atoms with Crippen LogP contribution in [0.3, 0.4) is 0 Å². The lowest BCUT2D eigenvalue weighted by molar-refractivity contribution is -0.101. The third-order valence-corrected chi connectivity index (χ3v) is 4.69. The fourth-order valence-electron chi connectivity index (χ4n) is 3.44. The van der Waals surface area contributed by atoms with Crippen molar-refractivity contribution < 1.29 is 31.8 Å². The van der Waals surface area contributed by atoms with Gasteiger partial charge in [-0.1, -0.05) is 0 Å². The summed E-state index contributed by atoms with van der Waals surface area (Å²) in [7, 11) is 1.54. The van der Waals surface area contributed by atoms with Crippen LogP contribution in [0, 0.1) is 23.3 Å². The molecule has 1 aliphatic carbocycles. The zero-order chi connectivity index (χ0) is 17.4. The molecule has 1 saturated carbocycles. The molecule has 2 aliphatic rings. The molecule has 24 heavy (non-hydrogen) atoms. The van der Waals surface area contributed by atoms with E-state index in [2.05, 4.69) is 0 Å². The molecule has 1 amide bonds. The van der Waals surface area contributed by atoms with Gasteiger partial charge in [-0.3, -0.25) is 4.79 Å². The van der Waals surface area contributed by atoms with Crippen LogP contribution in [0.5, 0.6) is 0 Å². The van der Waals surface area contributed by atoms with Gasteiger partial charge >= 0.3 is 0 Å². The van der Waals surface area contributed by atoms with Gasteiger partial charge in [0.25, 0.3) is 5.91 Å². The molecule has 3 rings (SSSR count). The van der Waals surface area contributed by atoms with E-state index < -0.39 is 40.8 Å². The third-order valence-electron chi connectivity index (χ3n) is 4.69. The molecule has 1 saturated heterocycles. The number of halogens is 4. The Hall–Kier alpha value is -1.67. The number of benzene rings is 1. The topological polar surface area (TPSA) is 38.8 Å². The first-order valence-corrected chi connectivity index (χ1v) is 7.72. The van der Waals surface area contributed by atoms with Crippen molar-refractivity contribution in [2.45, 2.75) is 37.5 Å². The highest BCUT2D eigenvalue weighted by Gasteiger charge is 2.42. The Labute approximate surface area is 136 Å². The van der Waals surface area contributed by atoms with Crippen molar-refractivity contribution >= 4 is 5.91 Å². The zero-order valence-corrected chi connectivity index (χ0v) is 13.0. The standard InChI is InChI=1S/C16H17F4NO3/c1-23-8-2-3-12-11(6-8)21(4-5-24-12)16(22)13-14(19)9(17)7-10(18)15(13)20/h7-8,11-12H,2-6H2,1H3/t8-,11-,12-/m1/s1. The van der Waals surface area contributed by atoms with Crippen LogP contribution in [-0.2, 0) is 9.47 Å². The van der Waals surface area contributed by atoms with E-state index in [0.717, 1.165) is 6.42 Å². The highest BCUT2D eigenvalue weighted by molar-refractivity contribution is 5.95. The minimum Gasteiger partial charge on any atom is -0.381 e. The quantitative estimate of drug-likeness (QED) is 0.610. The first-order chi connectivity index (χ1) is 11.4. The average molecular weight is 347 g/mol. The lowest BCUT2D eigenvalue weighted by Crippen LogP contribution is -2.57. The fraction of sp³-hybridized carbons (Fsp3) is 0.562. The van der Waals surface area contributed by atoms with E-state index in [1.807, 2.05) is 0 Å². The van der Waals surface area contributed by atoms with E-state index in [1.54, 1.807) is 7.11 Å². The molecule has 2 fully saturated rings. The van der Waals surface area contributed by atoms with E-state index in [4.69, 9.17) is 9.47 Å². The van der Waals surface area contributed by atoms with Crippen LogP contribution in [0.4, 0.5) is 17.6 Å². The van der Waals surface area contributed by atoms with E-state index in [1.165, 1.54) is 4.90 Å². The van der Waals surface area contributed by atoms with Crippen molar-refractivity contribution in [1.82, 2.24) is 4.90 Å². The maximum atomic E-state index is 13.9. The Morgan fingerprint density at radius 2 is 1.88 bits per heavy atom. The molecular weight excluding hydrogens is 330 g/mol. The van der Waals surface area contributed by atoms with Crippen LogP contribution in [0.15, 0.2) is 6.07 Å². The minimum atomic E-state index is -1.68. The molecule has 8 heteroatoms. The average Bonchev–Trinajstić information content (AvgIpc) is 2.59. The summed E-state index contributed by atoms with van der Waals surface area (Å²) in [5.74, 6) is -7.62. The molecular formula is C16H17F4NO3. The Morgan fingerprint density at radius 3 is 2.50 bits per heavy atom. The predicted molar refractivity (Wildman–Crippen MR) is 75.5 cm³/mol. The van der Waals surface area contributed by atoms with Crippen LogP contribution >= 0.6 is 0 Å². The largest absolute Gasteiger partial charge is 0.381 e. The molecule has 1 aromatic carbocycles. The maximum absolute atomic E-state index is 13.9. The molecule has 0 unspecified atom stereocenters. The summed E-state index contributed by atoms with van der Waals surface area (Å²) in [5, 5.41) is 0. The second-order valence-electron chi connectivity index (χ2n) is 5.99. The molecule has 1 aromatic rings. The van der Waals surface area contributed by atoms with Gasteiger partial charge < -0.3 is 14.4 Å². The Morgan fingerprint density at radius 1 is 1.21 bits per heavy atom. The molecule has 1 heterocycles. The number of hydrogen-bond acceptors (Lipinski definition) is 3. The number of methoxy groups -OCH3 is 1. The molecule has 3 atom stereocenters. The van der Waals surface area contributed by atoms with E-state index in [-0.39, 0.29) is 31.4 Å². The first kappa shape index (κ1) is 17.2. The molecule has 132 valence electrons. The van der Waals surface area contributed by atoms with Crippen molar-refractivity contribution in [3.8, 4) is 0 Å². The highest BCUT2D eigenvalue weighted by Crippen LogP contribution is 2.32. The van der Waals surface area contributed by atoms with Gasteiger partial charge in [0.05, 0.1) is 24.9 Å². The van der Waals surface area contributed by atoms with E-state index >= 15 is 0 Å². The second kappa shape index (κ2) is 6.68. The number of amides is 1. The monoisotopic (exact) mass is 347 g/mol. The van der Waals surface area contributed by atoms with Crippen molar-refractivity contribution in [3.05, 3.63) is 34.9 Å². The first-order valence-electron chi connectivity index (χ1n) is 7.72. The Balaban J connectivity index is 1.94. The summed E-state index contributed by atoms with van der Waals surface area (Å²) < 4.78 is 65.6. The van der Waals surface area contributed by atoms with Crippen LogP contribution in [0.25, 0.3) is 0 Å². The predicted octanol–water partition coefficient (Wildman–Crippen LogP) is 2.65. The van der Waals surface area contributed by atoms with Crippen LogP contribution < -0.4 is 0 Å². The highest BCUT2D eigenvalue weighted by atomic mass is 19.2. The zero-order valence-electron chi connectivity index (χ0n) is 13.0. The number of ether oxygens (including phenoxy) is 2.